The van der Waals surface area contributed by atoms with Crippen molar-refractivity contribution in [1.82, 2.24) is 10.2 Å². The molecule has 0 heterocycles. The fourth-order valence-corrected chi connectivity index (χ4v) is 4.36. The van der Waals surface area contributed by atoms with Crippen LogP contribution in [-0.2, 0) is 17.9 Å². The minimum Gasteiger partial charge on any atom is -0.481 e. The van der Waals surface area contributed by atoms with Gasteiger partial charge in [0.15, 0.2) is 0 Å². The maximum absolute atomic E-state index is 13.8. The zero-order valence-corrected chi connectivity index (χ0v) is 21.3. The third-order valence-electron chi connectivity index (χ3n) is 6.42. The van der Waals surface area contributed by atoms with Crippen molar-refractivity contribution in [3.8, 4) is 11.1 Å². The van der Waals surface area contributed by atoms with E-state index in [-0.39, 0.29) is 31.3 Å². The fraction of sp³-hybridized carbons (Fsp3) is 0.156. The Morgan fingerprint density at radius 3 is 2.00 bits per heavy atom. The predicted octanol–water partition coefficient (Wildman–Crippen LogP) is 5.71. The molecule has 0 unspecified atom stereocenters. The highest BCUT2D eigenvalue weighted by atomic mass is 16.4. The molecular formula is C32H30N2O4. The molecule has 6 heteroatoms. The van der Waals surface area contributed by atoms with Crippen molar-refractivity contribution in [2.45, 2.75) is 26.4 Å². The molecule has 0 atom stereocenters. The van der Waals surface area contributed by atoms with Gasteiger partial charge in [-0.25, -0.2) is 0 Å². The standard InChI is InChI=1S/C32H30N2O4/c1-23-11-5-6-14-25(23)21-33-31(37)28-17-9-7-15-26(28)27-16-8-10-18-29(27)32(38)34(20-19-30(35)36)22-24-12-3-2-4-13-24/h2-18H,19-22H2,1H3,(H,33,37)(H,35,36). The number of hydrogen-bond acceptors (Lipinski definition) is 3. The Balaban J connectivity index is 1.64. The van der Waals surface area contributed by atoms with Crippen LogP contribution in [0.25, 0.3) is 11.1 Å². The van der Waals surface area contributed by atoms with Crippen LogP contribution in [0.15, 0.2) is 103 Å². The van der Waals surface area contributed by atoms with E-state index in [1.165, 1.54) is 0 Å². The maximum Gasteiger partial charge on any atom is 0.305 e. The van der Waals surface area contributed by atoms with Crippen LogP contribution >= 0.6 is 0 Å². The fourth-order valence-electron chi connectivity index (χ4n) is 4.36. The summed E-state index contributed by atoms with van der Waals surface area (Å²) in [4.78, 5) is 40.0. The number of hydrogen-bond donors (Lipinski definition) is 2. The monoisotopic (exact) mass is 506 g/mol. The Kier molecular flexibility index (Phi) is 8.67. The Hall–Kier alpha value is -4.71. The number of carboxylic acid groups (broad SMARTS) is 1. The number of aliphatic carboxylic acids is 1. The highest BCUT2D eigenvalue weighted by Gasteiger charge is 2.23. The van der Waals surface area contributed by atoms with E-state index < -0.39 is 5.97 Å². The molecule has 38 heavy (non-hydrogen) atoms. The van der Waals surface area contributed by atoms with Gasteiger partial charge in [0.05, 0.1) is 6.42 Å². The summed E-state index contributed by atoms with van der Waals surface area (Å²) in [6, 6.07) is 31.7. The lowest BCUT2D eigenvalue weighted by atomic mass is 9.94. The third-order valence-corrected chi connectivity index (χ3v) is 6.42. The number of rotatable bonds is 10. The van der Waals surface area contributed by atoms with Crippen LogP contribution in [0.4, 0.5) is 0 Å². The lowest BCUT2D eigenvalue weighted by Gasteiger charge is -2.24. The van der Waals surface area contributed by atoms with Crippen LogP contribution in [0.1, 0.15) is 43.8 Å². The molecule has 0 aliphatic rings. The van der Waals surface area contributed by atoms with Crippen LogP contribution in [0.3, 0.4) is 0 Å². The topological polar surface area (TPSA) is 86.7 Å². The zero-order valence-electron chi connectivity index (χ0n) is 21.3. The summed E-state index contributed by atoms with van der Waals surface area (Å²) >= 11 is 0. The van der Waals surface area contributed by atoms with Gasteiger partial charge in [-0.1, -0.05) is 91.0 Å². The molecule has 4 aromatic rings. The molecule has 0 bridgehead atoms. The molecule has 0 spiro atoms. The van der Waals surface area contributed by atoms with Crippen LogP contribution in [0, 0.1) is 6.92 Å². The number of nitrogens with one attached hydrogen (secondary N) is 1. The summed E-state index contributed by atoms with van der Waals surface area (Å²) in [5.74, 6) is -1.50. The number of amides is 2. The van der Waals surface area contributed by atoms with E-state index in [1.807, 2.05) is 85.8 Å². The van der Waals surface area contributed by atoms with Crippen molar-refractivity contribution < 1.29 is 19.5 Å². The summed E-state index contributed by atoms with van der Waals surface area (Å²) in [5.41, 5.74) is 5.15. The second-order valence-electron chi connectivity index (χ2n) is 9.06. The molecule has 4 aromatic carbocycles. The van der Waals surface area contributed by atoms with E-state index in [9.17, 15) is 19.5 Å². The van der Waals surface area contributed by atoms with Crippen LogP contribution in [0.2, 0.25) is 0 Å². The number of carbonyl (C=O) groups excluding carboxylic acids is 2. The first-order valence-corrected chi connectivity index (χ1v) is 12.5. The van der Waals surface area contributed by atoms with Gasteiger partial charge in [-0.3, -0.25) is 14.4 Å². The van der Waals surface area contributed by atoms with Crippen molar-refractivity contribution in [1.29, 1.82) is 0 Å². The second-order valence-corrected chi connectivity index (χ2v) is 9.06. The minimum absolute atomic E-state index is 0.0654. The number of nitrogens with zero attached hydrogens (tertiary/aromatic N) is 1. The summed E-state index contributed by atoms with van der Waals surface area (Å²) in [6.07, 6.45) is -0.168. The first-order chi connectivity index (χ1) is 18.4. The Morgan fingerprint density at radius 2 is 1.32 bits per heavy atom. The molecule has 0 fully saturated rings. The molecule has 0 radical (unpaired) electrons. The lowest BCUT2D eigenvalue weighted by Crippen LogP contribution is -2.33. The predicted molar refractivity (Wildman–Crippen MR) is 148 cm³/mol. The van der Waals surface area contributed by atoms with Gasteiger partial charge < -0.3 is 15.3 Å². The first-order valence-electron chi connectivity index (χ1n) is 12.5. The zero-order chi connectivity index (χ0) is 26.9. The summed E-state index contributed by atoms with van der Waals surface area (Å²) in [6.45, 7) is 2.74. The van der Waals surface area contributed by atoms with Crippen molar-refractivity contribution in [2.24, 2.45) is 0 Å². The Morgan fingerprint density at radius 1 is 0.737 bits per heavy atom. The van der Waals surface area contributed by atoms with Gasteiger partial charge in [-0.05, 0) is 46.9 Å². The first kappa shape index (κ1) is 26.4. The molecule has 0 saturated heterocycles. The van der Waals surface area contributed by atoms with E-state index >= 15 is 0 Å². The van der Waals surface area contributed by atoms with Crippen molar-refractivity contribution in [3.05, 3.63) is 131 Å². The highest BCUT2D eigenvalue weighted by molar-refractivity contribution is 6.06. The normalized spacial score (nSPS) is 10.6. The summed E-state index contributed by atoms with van der Waals surface area (Å²) in [5, 5.41) is 12.3. The van der Waals surface area contributed by atoms with Gasteiger partial charge in [0.1, 0.15) is 0 Å². The van der Waals surface area contributed by atoms with Gasteiger partial charge in [0, 0.05) is 30.8 Å². The number of carbonyl (C=O) groups is 3. The molecule has 2 amide bonds. The van der Waals surface area contributed by atoms with Crippen LogP contribution in [-0.4, -0.2) is 34.3 Å². The quantitative estimate of drug-likeness (QED) is 0.289. The smallest absolute Gasteiger partial charge is 0.305 e. The molecule has 0 aliphatic carbocycles. The second kappa shape index (κ2) is 12.5. The molecule has 0 saturated carbocycles. The molecule has 0 aliphatic heterocycles. The molecule has 0 aromatic heterocycles. The number of carboxylic acids is 1. The number of benzene rings is 4. The Bertz CT molecular complexity index is 1430. The molecule has 2 N–H and O–H groups in total. The van der Waals surface area contributed by atoms with E-state index in [2.05, 4.69) is 5.32 Å². The summed E-state index contributed by atoms with van der Waals surface area (Å²) in [7, 11) is 0. The van der Waals surface area contributed by atoms with Crippen molar-refractivity contribution in [2.75, 3.05) is 6.54 Å². The van der Waals surface area contributed by atoms with E-state index in [0.29, 0.717) is 28.8 Å². The molecule has 6 nitrogen and oxygen atoms in total. The molecular weight excluding hydrogens is 476 g/mol. The average Bonchev–Trinajstić information content (AvgIpc) is 2.94. The van der Waals surface area contributed by atoms with Crippen LogP contribution in [0.5, 0.6) is 0 Å². The highest BCUT2D eigenvalue weighted by Crippen LogP contribution is 2.29. The third kappa shape index (κ3) is 6.53. The van der Waals surface area contributed by atoms with Crippen molar-refractivity contribution >= 4 is 17.8 Å². The maximum atomic E-state index is 13.8. The van der Waals surface area contributed by atoms with Gasteiger partial charge >= 0.3 is 5.97 Å². The summed E-state index contributed by atoms with van der Waals surface area (Å²) < 4.78 is 0. The Labute approximate surface area is 222 Å². The minimum atomic E-state index is -0.972. The van der Waals surface area contributed by atoms with Crippen LogP contribution < -0.4 is 5.32 Å². The van der Waals surface area contributed by atoms with Gasteiger partial charge in [0.25, 0.3) is 11.8 Å². The lowest BCUT2D eigenvalue weighted by molar-refractivity contribution is -0.137. The van der Waals surface area contributed by atoms with Gasteiger partial charge in [-0.15, -0.1) is 0 Å². The SMILES string of the molecule is Cc1ccccc1CNC(=O)c1ccccc1-c1ccccc1C(=O)N(CCC(=O)O)Cc1ccccc1. The average molecular weight is 507 g/mol. The van der Waals surface area contributed by atoms with E-state index in [4.69, 9.17) is 0 Å². The van der Waals surface area contributed by atoms with Gasteiger partial charge in [0.2, 0.25) is 0 Å². The molecule has 4 rings (SSSR count). The largest absolute Gasteiger partial charge is 0.481 e. The van der Waals surface area contributed by atoms with Crippen molar-refractivity contribution in [3.63, 3.8) is 0 Å². The van der Waals surface area contributed by atoms with E-state index in [1.54, 1.807) is 29.2 Å². The van der Waals surface area contributed by atoms with Gasteiger partial charge in [-0.2, -0.15) is 0 Å². The molecule has 192 valence electrons. The number of aryl methyl sites for hydroxylation is 1. The van der Waals surface area contributed by atoms with E-state index in [0.717, 1.165) is 16.7 Å².